The number of aryl methyl sites for hydroxylation is 2. The van der Waals surface area contributed by atoms with Gasteiger partial charge in [-0.1, -0.05) is 18.6 Å². The number of aliphatic hydroxyl groups excluding tert-OH is 1. The highest BCUT2D eigenvalue weighted by atomic mass is 16.3. The smallest absolute Gasteiger partial charge is 0.319 e. The number of aromatic nitrogens is 2. The normalized spacial score (nSPS) is 20.3. The maximum absolute atomic E-state index is 12.3. The molecule has 6 nitrogen and oxygen atoms in total. The van der Waals surface area contributed by atoms with Crippen LogP contribution in [0, 0.1) is 19.8 Å². The van der Waals surface area contributed by atoms with E-state index in [1.54, 1.807) is 0 Å². The Labute approximate surface area is 148 Å². The lowest BCUT2D eigenvalue weighted by atomic mass is 9.87. The molecule has 1 saturated carbocycles. The summed E-state index contributed by atoms with van der Waals surface area (Å²) in [7, 11) is 0. The van der Waals surface area contributed by atoms with Crippen molar-refractivity contribution < 1.29 is 9.90 Å². The lowest BCUT2D eigenvalue weighted by Gasteiger charge is -2.26. The number of aliphatic hydroxyl groups is 1. The number of hydrogen-bond acceptors (Lipinski definition) is 3. The van der Waals surface area contributed by atoms with E-state index in [9.17, 15) is 9.90 Å². The van der Waals surface area contributed by atoms with Crippen LogP contribution in [0.5, 0.6) is 0 Å². The lowest BCUT2D eigenvalue weighted by Crippen LogP contribution is -2.35. The molecule has 0 radical (unpaired) electrons. The van der Waals surface area contributed by atoms with Gasteiger partial charge in [-0.3, -0.25) is 0 Å². The van der Waals surface area contributed by atoms with E-state index in [2.05, 4.69) is 15.7 Å². The predicted octanol–water partition coefficient (Wildman–Crippen LogP) is 3.16. The van der Waals surface area contributed by atoms with Crippen LogP contribution in [0.2, 0.25) is 0 Å². The Bertz CT molecular complexity index is 741. The number of anilines is 1. The zero-order valence-corrected chi connectivity index (χ0v) is 14.8. The SMILES string of the molecule is Cc1cc(C)n(-c2ccccc2NC(=O)NCC2CCCC(O)C2)n1. The van der Waals surface area contributed by atoms with Crippen molar-refractivity contribution in [1.29, 1.82) is 0 Å². The molecule has 0 saturated heterocycles. The van der Waals surface area contributed by atoms with Gasteiger partial charge in [-0.05, 0) is 57.2 Å². The molecule has 2 unspecified atom stereocenters. The summed E-state index contributed by atoms with van der Waals surface area (Å²) < 4.78 is 1.84. The van der Waals surface area contributed by atoms with Crippen LogP contribution in [-0.2, 0) is 0 Å². The molecule has 25 heavy (non-hydrogen) atoms. The molecule has 1 aromatic heterocycles. The Morgan fingerprint density at radius 1 is 1.32 bits per heavy atom. The van der Waals surface area contributed by atoms with Gasteiger partial charge in [0.05, 0.1) is 23.2 Å². The van der Waals surface area contributed by atoms with E-state index in [4.69, 9.17) is 0 Å². The molecule has 2 amide bonds. The molecule has 1 aliphatic rings. The van der Waals surface area contributed by atoms with Gasteiger partial charge in [0.1, 0.15) is 0 Å². The van der Waals surface area contributed by atoms with Crippen molar-refractivity contribution in [1.82, 2.24) is 15.1 Å². The summed E-state index contributed by atoms with van der Waals surface area (Å²) in [6.07, 6.45) is 3.49. The molecule has 1 fully saturated rings. The Morgan fingerprint density at radius 2 is 2.12 bits per heavy atom. The third-order valence-electron chi connectivity index (χ3n) is 4.70. The zero-order valence-electron chi connectivity index (χ0n) is 14.8. The van der Waals surface area contributed by atoms with Crippen LogP contribution < -0.4 is 10.6 Å². The number of nitrogens with zero attached hydrogens (tertiary/aromatic N) is 2. The van der Waals surface area contributed by atoms with E-state index in [0.717, 1.165) is 48.4 Å². The fraction of sp³-hybridized carbons (Fsp3) is 0.474. The number of carbonyl (C=O) groups excluding carboxylic acids is 1. The summed E-state index contributed by atoms with van der Waals surface area (Å²) in [6.45, 7) is 4.53. The minimum absolute atomic E-state index is 0.227. The maximum Gasteiger partial charge on any atom is 0.319 e. The maximum atomic E-state index is 12.3. The standard InChI is InChI=1S/C19H26N4O2/c1-13-10-14(2)23(22-13)18-9-4-3-8-17(18)21-19(25)20-12-15-6-5-7-16(24)11-15/h3-4,8-10,15-16,24H,5-7,11-12H2,1-2H3,(H2,20,21,25). The number of amides is 2. The van der Waals surface area contributed by atoms with Crippen molar-refractivity contribution in [3.8, 4) is 5.69 Å². The highest BCUT2D eigenvalue weighted by Gasteiger charge is 2.20. The van der Waals surface area contributed by atoms with Gasteiger partial charge in [-0.2, -0.15) is 5.10 Å². The molecular formula is C19H26N4O2. The van der Waals surface area contributed by atoms with Crippen LogP contribution in [0.1, 0.15) is 37.1 Å². The Hall–Kier alpha value is -2.34. The van der Waals surface area contributed by atoms with Gasteiger partial charge in [0.15, 0.2) is 0 Å². The van der Waals surface area contributed by atoms with Crippen LogP contribution >= 0.6 is 0 Å². The Morgan fingerprint density at radius 3 is 2.84 bits per heavy atom. The molecule has 1 heterocycles. The van der Waals surface area contributed by atoms with Gasteiger partial charge < -0.3 is 15.7 Å². The van der Waals surface area contributed by atoms with Gasteiger partial charge in [-0.15, -0.1) is 0 Å². The molecule has 134 valence electrons. The number of carbonyl (C=O) groups is 1. The van der Waals surface area contributed by atoms with E-state index in [1.165, 1.54) is 0 Å². The van der Waals surface area contributed by atoms with E-state index in [-0.39, 0.29) is 12.1 Å². The number of benzene rings is 1. The largest absolute Gasteiger partial charge is 0.393 e. The third-order valence-corrected chi connectivity index (χ3v) is 4.70. The van der Waals surface area contributed by atoms with Gasteiger partial charge in [0.25, 0.3) is 0 Å². The number of nitrogens with one attached hydrogen (secondary N) is 2. The van der Waals surface area contributed by atoms with Crippen LogP contribution in [0.25, 0.3) is 5.69 Å². The van der Waals surface area contributed by atoms with Crippen LogP contribution in [0.15, 0.2) is 30.3 Å². The molecule has 6 heteroatoms. The van der Waals surface area contributed by atoms with Crippen LogP contribution in [0.4, 0.5) is 10.5 Å². The minimum atomic E-state index is -0.228. The molecule has 1 aliphatic carbocycles. The molecule has 0 spiro atoms. The van der Waals surface area contributed by atoms with Crippen molar-refractivity contribution >= 4 is 11.7 Å². The Balaban J connectivity index is 1.65. The zero-order chi connectivity index (χ0) is 17.8. The molecule has 2 atom stereocenters. The first kappa shape index (κ1) is 17.5. The number of hydrogen-bond donors (Lipinski definition) is 3. The highest BCUT2D eigenvalue weighted by Crippen LogP contribution is 2.24. The number of para-hydroxylation sites is 2. The average molecular weight is 342 g/mol. The fourth-order valence-corrected chi connectivity index (χ4v) is 3.49. The number of rotatable bonds is 4. The number of urea groups is 1. The van der Waals surface area contributed by atoms with Gasteiger partial charge in [0, 0.05) is 12.2 Å². The second-order valence-corrected chi connectivity index (χ2v) is 6.88. The summed E-state index contributed by atoms with van der Waals surface area (Å²) in [4.78, 5) is 12.3. The first-order valence-corrected chi connectivity index (χ1v) is 8.88. The summed E-state index contributed by atoms with van der Waals surface area (Å²) >= 11 is 0. The molecule has 0 aliphatic heterocycles. The van der Waals surface area contributed by atoms with Crippen molar-refractivity contribution in [2.45, 2.75) is 45.6 Å². The van der Waals surface area contributed by atoms with E-state index in [1.807, 2.05) is 48.9 Å². The molecular weight excluding hydrogens is 316 g/mol. The topological polar surface area (TPSA) is 79.2 Å². The fourth-order valence-electron chi connectivity index (χ4n) is 3.49. The highest BCUT2D eigenvalue weighted by molar-refractivity contribution is 5.91. The second kappa shape index (κ2) is 7.70. The monoisotopic (exact) mass is 342 g/mol. The molecule has 0 bridgehead atoms. The van der Waals surface area contributed by atoms with E-state index >= 15 is 0 Å². The summed E-state index contributed by atoms with van der Waals surface area (Å²) in [5, 5.41) is 20.1. The van der Waals surface area contributed by atoms with E-state index in [0.29, 0.717) is 12.5 Å². The molecule has 1 aromatic carbocycles. The minimum Gasteiger partial charge on any atom is -0.393 e. The first-order valence-electron chi connectivity index (χ1n) is 8.88. The van der Waals surface area contributed by atoms with Crippen LogP contribution in [0.3, 0.4) is 0 Å². The second-order valence-electron chi connectivity index (χ2n) is 6.88. The molecule has 3 N–H and O–H groups in total. The third kappa shape index (κ3) is 4.39. The van der Waals surface area contributed by atoms with E-state index < -0.39 is 0 Å². The summed E-state index contributed by atoms with van der Waals surface area (Å²) in [6, 6.07) is 9.41. The molecule has 3 rings (SSSR count). The lowest BCUT2D eigenvalue weighted by molar-refractivity contribution is 0.101. The van der Waals surface area contributed by atoms with Gasteiger partial charge in [-0.25, -0.2) is 9.48 Å². The quantitative estimate of drug-likeness (QED) is 0.798. The first-order chi connectivity index (χ1) is 12.0. The van der Waals surface area contributed by atoms with Crippen molar-refractivity contribution in [3.05, 3.63) is 41.7 Å². The van der Waals surface area contributed by atoms with Gasteiger partial charge >= 0.3 is 6.03 Å². The summed E-state index contributed by atoms with van der Waals surface area (Å²) in [5.74, 6) is 0.348. The van der Waals surface area contributed by atoms with Crippen molar-refractivity contribution in [2.24, 2.45) is 5.92 Å². The predicted molar refractivity (Wildman–Crippen MR) is 98.0 cm³/mol. The van der Waals surface area contributed by atoms with Crippen LogP contribution in [-0.4, -0.2) is 33.6 Å². The average Bonchev–Trinajstić information content (AvgIpc) is 2.92. The Kier molecular flexibility index (Phi) is 5.38. The summed E-state index contributed by atoms with van der Waals surface area (Å²) in [5.41, 5.74) is 3.52. The van der Waals surface area contributed by atoms with Gasteiger partial charge in [0.2, 0.25) is 0 Å². The van der Waals surface area contributed by atoms with Crippen molar-refractivity contribution in [2.75, 3.05) is 11.9 Å². The molecule has 2 aromatic rings. The van der Waals surface area contributed by atoms with Crippen molar-refractivity contribution in [3.63, 3.8) is 0 Å².